The zero-order valence-corrected chi connectivity index (χ0v) is 75.8. The summed E-state index contributed by atoms with van der Waals surface area (Å²) in [4.78, 5) is 133. The first kappa shape index (κ1) is 113. The molecule has 10 rings (SSSR count). The normalized spacial score (nSPS) is 45.3. The van der Waals surface area contributed by atoms with Gasteiger partial charge in [-0.1, -0.05) is 37.4 Å². The number of carboxylic acids is 1. The molecule has 61 heteroatoms. The van der Waals surface area contributed by atoms with E-state index in [-0.39, 0.29) is 36.4 Å². The minimum Gasteiger partial charge on any atom is -0.479 e. The van der Waals surface area contributed by atoms with Gasteiger partial charge in [-0.3, -0.25) is 60.1 Å². The van der Waals surface area contributed by atoms with Gasteiger partial charge in [-0.15, -0.1) is 0 Å². The summed E-state index contributed by atoms with van der Waals surface area (Å²) in [5, 5.41) is 264. The summed E-state index contributed by atoms with van der Waals surface area (Å²) in [5.41, 5.74) is 7.83. The zero-order chi connectivity index (χ0) is 101. The Balaban J connectivity index is 0.826. The molecule has 0 radical (unpaired) electrons. The van der Waals surface area contributed by atoms with Crippen molar-refractivity contribution < 1.29 is 251 Å². The van der Waals surface area contributed by atoms with Crippen LogP contribution in [0.15, 0.2) is 0 Å². The number of methoxy groups -OCH3 is 2. The third kappa shape index (κ3) is 26.0. The summed E-state index contributed by atoms with van der Waals surface area (Å²) < 4.78 is 104. The Morgan fingerprint density at radius 3 is 0.956 bits per heavy atom. The molecule has 59 nitrogen and oxygen atoms in total. The Labute approximate surface area is 785 Å². The van der Waals surface area contributed by atoms with Gasteiger partial charge in [-0.25, -0.2) is 4.79 Å². The Hall–Kier alpha value is -6.00. The summed E-state index contributed by atoms with van der Waals surface area (Å²) in [5.74, 6) is -12.8. The maximum absolute atomic E-state index is 14.7. The fraction of sp³-hybridized carbons (Fsp3) is 0.868. The van der Waals surface area contributed by atoms with E-state index in [1.54, 1.807) is 0 Å². The van der Waals surface area contributed by atoms with Crippen LogP contribution in [0.4, 0.5) is 9.59 Å². The van der Waals surface area contributed by atoms with Crippen molar-refractivity contribution in [3.63, 3.8) is 0 Å². The predicted molar refractivity (Wildman–Crippen MR) is 436 cm³/mol. The van der Waals surface area contributed by atoms with Gasteiger partial charge >= 0.3 is 5.97 Å². The lowest BCUT2D eigenvalue weighted by Crippen LogP contribution is -2.71. The van der Waals surface area contributed by atoms with Crippen molar-refractivity contribution in [1.29, 1.82) is 0 Å². The second-order valence-electron chi connectivity index (χ2n) is 34.0. The van der Waals surface area contributed by atoms with E-state index >= 15 is 0 Å². The van der Waals surface area contributed by atoms with Crippen LogP contribution in [-0.2, 0) is 124 Å². The van der Waals surface area contributed by atoms with Gasteiger partial charge in [-0.2, -0.15) is 0 Å². The second kappa shape index (κ2) is 50.0. The standard InChI is InChI=1S/C76H122N8O51S2/c1-9-24-37(95)49(107)72(127-54(24)65(114)115)130-58-35(80-22(6)93)69(124-29(15-89)44(58)102)132-60-48(106)53(111)74(129-57-33(78-20(4)91)67(119-8)122-27(13-87)43(57)101)134-62(60)64(113)82-84-76(117)137-17-31-40(98)46(104)51(109)71(126-31)135-70-50(108)45(103)39(97)30(125-70)16-136-75(116)83-81-63(112)61-59(47(105)52(110)73(133-61)128-56-32(77-19(3)90)66(118-7)121-26(12-86)42(56)100)131-68-34(79-21(5)92)55(41(99)28(14-88)123-68)120-25-10-23(11-85)18(2)36(94)38(25)96/h11,18,23-62,66-74,86-89,94-111H,9-10,12-17H2,1-8H3,(H,77,90)(H,78,91)(H,79,92)(H,80,93)(H,81,112)(H,82,113)(H,83,116)(H,84,117)(H,114,115)/t18-,23?,24+,25-,26?,27?,28?,29?,30?,31?,32?,33?,34?,35?,36+,37+,38?,39-,40-,41-,42-,43-,44-,45+,46+,47-,48-,49?,50?,51?,52?,53?,54?,55-,56-,57-,58-,59+,60+,61?,62?,66-,67-,68+,69+,70-,71-,72+,73-,74-/m1/s1. The van der Waals surface area contributed by atoms with Gasteiger partial charge in [0.1, 0.15) is 189 Å². The van der Waals surface area contributed by atoms with Crippen LogP contribution in [0.5, 0.6) is 0 Å². The van der Waals surface area contributed by atoms with Crippen LogP contribution in [0, 0.1) is 17.8 Å². The zero-order valence-electron chi connectivity index (χ0n) is 74.1. The molecule has 10 aliphatic rings. The molecule has 0 spiro atoms. The van der Waals surface area contributed by atoms with E-state index < -0.39 is 396 Å². The van der Waals surface area contributed by atoms with Crippen molar-refractivity contribution in [2.75, 3.05) is 52.2 Å². The number of hydrogen-bond donors (Lipinski definition) is 31. The van der Waals surface area contributed by atoms with Crippen LogP contribution < -0.4 is 43.0 Å². The molecule has 9 heterocycles. The highest BCUT2D eigenvalue weighted by molar-refractivity contribution is 8.13. The molecule has 784 valence electrons. The third-order valence-electron chi connectivity index (χ3n) is 24.8. The third-order valence-corrected chi connectivity index (χ3v) is 26.5. The van der Waals surface area contributed by atoms with E-state index in [0.29, 0.717) is 6.29 Å². The number of thioether (sulfide) groups is 2. The maximum atomic E-state index is 14.7. The molecule has 20 unspecified atom stereocenters. The summed E-state index contributed by atoms with van der Waals surface area (Å²) in [7, 11) is 2.19. The number of carboxylic acid groups (broad SMARTS) is 1. The molecule has 10 fully saturated rings. The highest BCUT2D eigenvalue weighted by Gasteiger charge is 2.62. The Morgan fingerprint density at radius 1 is 0.336 bits per heavy atom. The van der Waals surface area contributed by atoms with Crippen molar-refractivity contribution in [1.82, 2.24) is 43.0 Å². The van der Waals surface area contributed by atoms with Gasteiger partial charge in [0.05, 0.1) is 56.9 Å². The van der Waals surface area contributed by atoms with Crippen LogP contribution in [0.2, 0.25) is 0 Å². The first-order valence-electron chi connectivity index (χ1n) is 43.2. The summed E-state index contributed by atoms with van der Waals surface area (Å²) in [6.45, 7) is 2.80. The van der Waals surface area contributed by atoms with Crippen LogP contribution in [-0.4, -0.2) is 516 Å². The monoisotopic (exact) mass is 2030 g/mol. The van der Waals surface area contributed by atoms with Gasteiger partial charge in [0.15, 0.2) is 74.9 Å². The lowest BCUT2D eigenvalue weighted by atomic mass is 9.76. The van der Waals surface area contributed by atoms with Gasteiger partial charge in [0, 0.05) is 65.3 Å². The fourth-order valence-corrected chi connectivity index (χ4v) is 18.8. The molecule has 1 aliphatic carbocycles. The fourth-order valence-electron chi connectivity index (χ4n) is 17.4. The lowest BCUT2D eigenvalue weighted by molar-refractivity contribution is -0.369. The number of hydrazine groups is 2. The number of nitrogens with one attached hydrogen (secondary N) is 8. The minimum absolute atomic E-state index is 0.0605. The first-order valence-corrected chi connectivity index (χ1v) is 45.1. The Kier molecular flexibility index (Phi) is 41.2. The van der Waals surface area contributed by atoms with Gasteiger partial charge in [0.25, 0.3) is 22.3 Å². The summed E-state index contributed by atoms with van der Waals surface area (Å²) >= 11 is 0.266. The molecule has 0 aromatic carbocycles. The smallest absolute Gasteiger partial charge is 0.333 e. The summed E-state index contributed by atoms with van der Waals surface area (Å²) in [6, 6.07) is -6.90. The van der Waals surface area contributed by atoms with E-state index in [1.165, 1.54) is 13.8 Å². The van der Waals surface area contributed by atoms with E-state index in [9.17, 15) is 165 Å². The average molecular weight is 2030 g/mol. The summed E-state index contributed by atoms with van der Waals surface area (Å²) in [6.07, 6.45) is -88.5. The van der Waals surface area contributed by atoms with E-state index in [2.05, 4.69) is 21.3 Å². The van der Waals surface area contributed by atoms with E-state index in [0.717, 1.165) is 41.9 Å². The lowest BCUT2D eigenvalue weighted by Gasteiger charge is -2.50. The number of aliphatic carboxylic acids is 1. The Morgan fingerprint density at radius 2 is 0.635 bits per heavy atom. The van der Waals surface area contributed by atoms with Gasteiger partial charge in [0.2, 0.25) is 23.6 Å². The number of hydrogen-bond acceptors (Lipinski definition) is 52. The molecule has 31 N–H and O–H groups in total. The Bertz CT molecular complexity index is 3970. The minimum atomic E-state index is -2.54. The largest absolute Gasteiger partial charge is 0.479 e. The number of rotatable bonds is 33. The molecule has 8 amide bonds. The number of ether oxygens (including phenoxy) is 18. The van der Waals surface area contributed by atoms with Crippen molar-refractivity contribution in [3.8, 4) is 0 Å². The van der Waals surface area contributed by atoms with Crippen LogP contribution in [0.25, 0.3) is 0 Å². The van der Waals surface area contributed by atoms with Crippen molar-refractivity contribution in [3.05, 3.63) is 0 Å². The number of aldehydes is 1. The van der Waals surface area contributed by atoms with Gasteiger partial charge in [-0.05, 0) is 18.8 Å². The molecule has 0 bridgehead atoms. The molecule has 0 aromatic rings. The topological polar surface area (TPSA) is 898 Å². The highest BCUT2D eigenvalue weighted by Crippen LogP contribution is 2.42. The van der Waals surface area contributed by atoms with Crippen LogP contribution in [0.3, 0.4) is 0 Å². The van der Waals surface area contributed by atoms with Crippen molar-refractivity contribution >= 4 is 81.7 Å². The van der Waals surface area contributed by atoms with Crippen molar-refractivity contribution in [2.45, 2.75) is 343 Å². The molecule has 0 aromatic heterocycles. The van der Waals surface area contributed by atoms with Crippen molar-refractivity contribution in [2.24, 2.45) is 17.8 Å². The number of aliphatic hydroxyl groups is 22. The van der Waals surface area contributed by atoms with E-state index in [1.807, 2.05) is 21.7 Å². The van der Waals surface area contributed by atoms with Crippen LogP contribution in [0.1, 0.15) is 54.4 Å². The van der Waals surface area contributed by atoms with Gasteiger partial charge < -0.3 is 229 Å². The molecule has 137 heavy (non-hydrogen) atoms. The number of aliphatic hydroxyl groups excluding tert-OH is 22. The number of amides is 8. The molecular weight excluding hydrogens is 1900 g/mol. The van der Waals surface area contributed by atoms with Crippen LogP contribution >= 0.6 is 23.5 Å². The molecule has 1 saturated carbocycles. The maximum Gasteiger partial charge on any atom is 0.333 e. The molecule has 9 aliphatic heterocycles. The SMILES string of the molecule is CC[C@@H]1C(C(=O)O)O[C@@H](O[C@@H]2C(NC(C)=O)[C@H](O[C@@H]3C(C(=O)NNC(=O)SCC4O[C@H](O[C@H]5OC(CSC(=O)NNC(=O)C6O[C@@H](O[C@@H]7C(NC(C)=O)[C@H](OC)OC(CO)[C@H]7O)C(O)[C@@H](O)[C@@H]6O[C@@H]6OC(CO)[C@@H](O)[C@H](O[C@@H]7CC(C=O)[C@@H](C)[C@H](O)C7O)C6NC(C)=O)[C@@H](O)[C@H](O)C5O)C(O)[C@@H](O)[C@@H]4O)O[C@@H](O[C@@H]4C(NC(C)=O)[C@H](OC)OC(CO)[C@H]4O)C(O)[C@H]3O)OC(CO)[C@H]2O)C(O)[C@H]1O. The highest BCUT2D eigenvalue weighted by atomic mass is 32.2. The number of carbonyl (C=O) groups excluding carboxylic acids is 9. The molecule has 50 atom stereocenters. The predicted octanol–water partition coefficient (Wildman–Crippen LogP) is -18.1. The second-order valence-corrected chi connectivity index (χ2v) is 36.0. The quantitative estimate of drug-likeness (QED) is 0.0214. The van der Waals surface area contributed by atoms with E-state index in [4.69, 9.17) is 85.3 Å². The molecular formula is C76H122N8O51S2. The number of carbonyl (C=O) groups is 10. The first-order chi connectivity index (χ1) is 64.7. The average Bonchev–Trinajstić information content (AvgIpc) is 0.761. The molecule has 9 saturated heterocycles.